The zero-order valence-corrected chi connectivity index (χ0v) is 8.59. The first-order chi connectivity index (χ1) is 6.19. The molecule has 1 atom stereocenters. The van der Waals surface area contributed by atoms with Crippen LogP contribution >= 0.6 is 0 Å². The van der Waals surface area contributed by atoms with Gasteiger partial charge in [-0.3, -0.25) is 11.3 Å². The molecule has 0 heterocycles. The Hall–Kier alpha value is -0.860. The monoisotopic (exact) mass is 178 g/mol. The Bertz CT molecular complexity index is 277. The van der Waals surface area contributed by atoms with Crippen LogP contribution in [0.2, 0.25) is 0 Å². The van der Waals surface area contributed by atoms with Gasteiger partial charge in [-0.2, -0.15) is 0 Å². The van der Waals surface area contributed by atoms with Crippen LogP contribution < -0.4 is 11.3 Å². The summed E-state index contributed by atoms with van der Waals surface area (Å²) in [7, 11) is 0. The Morgan fingerprint density at radius 2 is 2.08 bits per heavy atom. The molecule has 0 aliphatic rings. The van der Waals surface area contributed by atoms with Crippen LogP contribution in [0, 0.1) is 13.8 Å². The molecule has 0 aliphatic heterocycles. The molecular formula is C11H18N2. The van der Waals surface area contributed by atoms with E-state index >= 15 is 0 Å². The van der Waals surface area contributed by atoms with Gasteiger partial charge in [-0.15, -0.1) is 0 Å². The Kier molecular flexibility index (Phi) is 3.46. The van der Waals surface area contributed by atoms with Gasteiger partial charge in [0.1, 0.15) is 0 Å². The number of hydrogen-bond acceptors (Lipinski definition) is 2. The van der Waals surface area contributed by atoms with E-state index in [2.05, 4.69) is 44.4 Å². The predicted octanol–water partition coefficient (Wildman–Crippen LogP) is 2.22. The SMILES string of the molecule is CCC(NN)c1cc(C)ccc1C. The fourth-order valence-corrected chi connectivity index (χ4v) is 1.56. The van der Waals surface area contributed by atoms with E-state index in [1.54, 1.807) is 0 Å². The fourth-order valence-electron chi connectivity index (χ4n) is 1.56. The lowest BCUT2D eigenvalue weighted by Crippen LogP contribution is -2.28. The molecule has 0 amide bonds. The summed E-state index contributed by atoms with van der Waals surface area (Å²) in [5, 5.41) is 0. The highest BCUT2D eigenvalue weighted by Crippen LogP contribution is 2.20. The summed E-state index contributed by atoms with van der Waals surface area (Å²) >= 11 is 0. The highest BCUT2D eigenvalue weighted by atomic mass is 15.2. The molecule has 0 saturated carbocycles. The third kappa shape index (κ3) is 2.29. The number of nitrogens with two attached hydrogens (primary N) is 1. The van der Waals surface area contributed by atoms with E-state index in [4.69, 9.17) is 5.84 Å². The molecule has 2 heteroatoms. The maximum absolute atomic E-state index is 5.48. The number of hydrazine groups is 1. The molecule has 2 nitrogen and oxygen atoms in total. The van der Waals surface area contributed by atoms with Crippen LogP contribution in [0.25, 0.3) is 0 Å². The molecular weight excluding hydrogens is 160 g/mol. The van der Waals surface area contributed by atoms with Crippen LogP contribution in [0.1, 0.15) is 36.1 Å². The van der Waals surface area contributed by atoms with Gasteiger partial charge in [0.05, 0.1) is 0 Å². The Balaban J connectivity index is 3.03. The van der Waals surface area contributed by atoms with Gasteiger partial charge in [-0.25, -0.2) is 0 Å². The lowest BCUT2D eigenvalue weighted by Gasteiger charge is -2.17. The van der Waals surface area contributed by atoms with Crippen molar-refractivity contribution in [2.24, 2.45) is 5.84 Å². The molecule has 0 bridgehead atoms. The van der Waals surface area contributed by atoms with Crippen molar-refractivity contribution < 1.29 is 0 Å². The summed E-state index contributed by atoms with van der Waals surface area (Å²) in [6.45, 7) is 6.35. The van der Waals surface area contributed by atoms with Crippen molar-refractivity contribution in [3.63, 3.8) is 0 Å². The second-order valence-corrected chi connectivity index (χ2v) is 3.49. The van der Waals surface area contributed by atoms with E-state index in [-0.39, 0.29) is 6.04 Å². The fraction of sp³-hybridized carbons (Fsp3) is 0.455. The summed E-state index contributed by atoms with van der Waals surface area (Å²) in [6.07, 6.45) is 1.01. The maximum Gasteiger partial charge on any atom is 0.0460 e. The number of rotatable bonds is 3. The minimum Gasteiger partial charge on any atom is -0.271 e. The van der Waals surface area contributed by atoms with Crippen molar-refractivity contribution >= 4 is 0 Å². The zero-order valence-electron chi connectivity index (χ0n) is 8.59. The lowest BCUT2D eigenvalue weighted by molar-refractivity contribution is 0.536. The van der Waals surface area contributed by atoms with Gasteiger partial charge in [0, 0.05) is 6.04 Å². The third-order valence-electron chi connectivity index (χ3n) is 2.42. The standard InChI is InChI=1S/C11H18N2/c1-4-11(13-12)10-7-8(2)5-6-9(10)3/h5-7,11,13H,4,12H2,1-3H3. The van der Waals surface area contributed by atoms with Crippen molar-refractivity contribution in [1.82, 2.24) is 5.43 Å². The number of aryl methyl sites for hydroxylation is 2. The summed E-state index contributed by atoms with van der Waals surface area (Å²) in [4.78, 5) is 0. The van der Waals surface area contributed by atoms with Gasteiger partial charge in [0.25, 0.3) is 0 Å². The largest absolute Gasteiger partial charge is 0.271 e. The molecule has 0 aliphatic carbocycles. The van der Waals surface area contributed by atoms with Crippen molar-refractivity contribution in [2.45, 2.75) is 33.2 Å². The second kappa shape index (κ2) is 4.40. The first-order valence-electron chi connectivity index (χ1n) is 4.72. The summed E-state index contributed by atoms with van der Waals surface area (Å²) in [5.74, 6) is 5.48. The van der Waals surface area contributed by atoms with Crippen molar-refractivity contribution in [3.8, 4) is 0 Å². The van der Waals surface area contributed by atoms with E-state index in [0.29, 0.717) is 0 Å². The first-order valence-corrected chi connectivity index (χ1v) is 4.72. The van der Waals surface area contributed by atoms with Gasteiger partial charge in [-0.1, -0.05) is 30.7 Å². The molecule has 0 radical (unpaired) electrons. The van der Waals surface area contributed by atoms with Gasteiger partial charge in [-0.05, 0) is 31.4 Å². The molecule has 0 spiro atoms. The molecule has 0 aromatic heterocycles. The zero-order chi connectivity index (χ0) is 9.84. The minimum atomic E-state index is 0.278. The predicted molar refractivity (Wildman–Crippen MR) is 56.3 cm³/mol. The van der Waals surface area contributed by atoms with E-state index in [0.717, 1.165) is 6.42 Å². The van der Waals surface area contributed by atoms with Gasteiger partial charge in [0.15, 0.2) is 0 Å². The van der Waals surface area contributed by atoms with E-state index in [9.17, 15) is 0 Å². The third-order valence-corrected chi connectivity index (χ3v) is 2.42. The lowest BCUT2D eigenvalue weighted by atomic mass is 9.98. The van der Waals surface area contributed by atoms with E-state index < -0.39 is 0 Å². The van der Waals surface area contributed by atoms with Crippen molar-refractivity contribution in [1.29, 1.82) is 0 Å². The number of benzene rings is 1. The molecule has 1 aromatic rings. The topological polar surface area (TPSA) is 38.0 Å². The van der Waals surface area contributed by atoms with E-state index in [1.807, 2.05) is 0 Å². The van der Waals surface area contributed by atoms with Crippen molar-refractivity contribution in [2.75, 3.05) is 0 Å². The Morgan fingerprint density at radius 3 is 2.62 bits per heavy atom. The average Bonchev–Trinajstić information content (AvgIpc) is 2.13. The molecule has 0 saturated heterocycles. The molecule has 13 heavy (non-hydrogen) atoms. The van der Waals surface area contributed by atoms with Gasteiger partial charge in [0.2, 0.25) is 0 Å². The summed E-state index contributed by atoms with van der Waals surface area (Å²) in [5.41, 5.74) is 6.73. The Labute approximate surface area is 80.1 Å². The van der Waals surface area contributed by atoms with Gasteiger partial charge < -0.3 is 0 Å². The minimum absolute atomic E-state index is 0.278. The molecule has 72 valence electrons. The van der Waals surface area contributed by atoms with Crippen LogP contribution in [-0.4, -0.2) is 0 Å². The molecule has 1 rings (SSSR count). The summed E-state index contributed by atoms with van der Waals surface area (Å²) in [6, 6.07) is 6.75. The Morgan fingerprint density at radius 1 is 1.38 bits per heavy atom. The highest BCUT2D eigenvalue weighted by Gasteiger charge is 2.09. The smallest absolute Gasteiger partial charge is 0.0460 e. The summed E-state index contributed by atoms with van der Waals surface area (Å²) < 4.78 is 0. The van der Waals surface area contributed by atoms with Crippen LogP contribution in [0.5, 0.6) is 0 Å². The number of hydrogen-bond donors (Lipinski definition) is 2. The van der Waals surface area contributed by atoms with Crippen LogP contribution in [0.4, 0.5) is 0 Å². The highest BCUT2D eigenvalue weighted by molar-refractivity contribution is 5.32. The van der Waals surface area contributed by atoms with Crippen LogP contribution in [-0.2, 0) is 0 Å². The van der Waals surface area contributed by atoms with Gasteiger partial charge >= 0.3 is 0 Å². The number of nitrogens with one attached hydrogen (secondary N) is 1. The van der Waals surface area contributed by atoms with E-state index in [1.165, 1.54) is 16.7 Å². The quantitative estimate of drug-likeness (QED) is 0.550. The van der Waals surface area contributed by atoms with Crippen LogP contribution in [0.3, 0.4) is 0 Å². The molecule has 1 unspecified atom stereocenters. The normalized spacial score (nSPS) is 12.9. The first kappa shape index (κ1) is 10.2. The molecule has 1 aromatic carbocycles. The second-order valence-electron chi connectivity index (χ2n) is 3.49. The van der Waals surface area contributed by atoms with Crippen molar-refractivity contribution in [3.05, 3.63) is 34.9 Å². The molecule has 3 N–H and O–H groups in total. The molecule has 0 fully saturated rings. The van der Waals surface area contributed by atoms with Crippen LogP contribution in [0.15, 0.2) is 18.2 Å². The maximum atomic E-state index is 5.48. The average molecular weight is 178 g/mol.